The molecule has 3 N–H and O–H groups in total. The van der Waals surface area contributed by atoms with Crippen LogP contribution in [0.3, 0.4) is 0 Å². The minimum absolute atomic E-state index is 0.0766. The highest BCUT2D eigenvalue weighted by Gasteiger charge is 2.41. The van der Waals surface area contributed by atoms with Gasteiger partial charge < -0.3 is 11.1 Å². The van der Waals surface area contributed by atoms with Crippen LogP contribution in [-0.2, 0) is 21.1 Å². The number of nitrogens with zero attached hydrogens (tertiary/aromatic N) is 2. The molecule has 9 heteroatoms. The summed E-state index contributed by atoms with van der Waals surface area (Å²) in [5.74, 6) is -0.342. The maximum Gasteiger partial charge on any atom is 0.251 e. The normalized spacial score (nSPS) is 18.9. The molecular weight excluding hydrogens is 536 g/mol. The van der Waals surface area contributed by atoms with Gasteiger partial charge in [0.2, 0.25) is 5.91 Å². The summed E-state index contributed by atoms with van der Waals surface area (Å²) < 4.78 is 24.9. The lowest BCUT2D eigenvalue weighted by Gasteiger charge is -2.40. The Kier molecular flexibility index (Phi) is 7.74. The third-order valence-corrected chi connectivity index (χ3v) is 9.54. The number of sulfone groups is 1. The molecule has 0 aromatic heterocycles. The molecule has 5 rings (SSSR count). The molecule has 8 nitrogen and oxygen atoms in total. The van der Waals surface area contributed by atoms with Crippen LogP contribution in [0.2, 0.25) is 0 Å². The SMILES string of the molecule is CCC1(CC)CC(=O)N([C@@H](c2cccc(C(=O)N[C@H]3CCc4ccccc43)c2)c2cccc(S(C)(=O)=O)c2)C(N)=N1. The molecule has 41 heavy (non-hydrogen) atoms. The first-order chi connectivity index (χ1) is 19.5. The number of hydrogen-bond donors (Lipinski definition) is 2. The fraction of sp³-hybridized carbons (Fsp3) is 0.344. The fourth-order valence-corrected chi connectivity index (χ4v) is 6.65. The summed E-state index contributed by atoms with van der Waals surface area (Å²) in [5.41, 5.74) is 9.93. The van der Waals surface area contributed by atoms with Gasteiger partial charge in [0.05, 0.1) is 28.9 Å². The van der Waals surface area contributed by atoms with Crippen LogP contribution in [0.4, 0.5) is 0 Å². The summed E-state index contributed by atoms with van der Waals surface area (Å²) in [6.45, 7) is 3.97. The maximum absolute atomic E-state index is 13.7. The number of benzene rings is 3. The zero-order chi connectivity index (χ0) is 29.4. The molecule has 2 amide bonds. The van der Waals surface area contributed by atoms with Crippen molar-refractivity contribution in [2.45, 2.75) is 68.5 Å². The van der Waals surface area contributed by atoms with Crippen molar-refractivity contribution < 1.29 is 18.0 Å². The second-order valence-electron chi connectivity index (χ2n) is 11.0. The summed E-state index contributed by atoms with van der Waals surface area (Å²) in [5, 5.41) is 3.16. The number of nitrogens with one attached hydrogen (secondary N) is 1. The second-order valence-corrected chi connectivity index (χ2v) is 13.0. The molecule has 1 aliphatic carbocycles. The van der Waals surface area contributed by atoms with Crippen LogP contribution in [0.5, 0.6) is 0 Å². The molecular formula is C32H36N4O4S. The third kappa shape index (κ3) is 5.63. The number of guanidine groups is 1. The Hall–Kier alpha value is -3.98. The van der Waals surface area contributed by atoms with E-state index in [1.54, 1.807) is 36.4 Å². The third-order valence-electron chi connectivity index (χ3n) is 8.43. The molecule has 3 aromatic rings. The van der Waals surface area contributed by atoms with E-state index in [0.717, 1.165) is 24.7 Å². The van der Waals surface area contributed by atoms with Crippen LogP contribution in [-0.4, -0.2) is 42.9 Å². The summed E-state index contributed by atoms with van der Waals surface area (Å²) in [7, 11) is -3.51. The maximum atomic E-state index is 13.7. The number of aryl methyl sites for hydroxylation is 1. The Morgan fingerprint density at radius 3 is 2.41 bits per heavy atom. The Bertz CT molecular complexity index is 1630. The molecule has 1 heterocycles. The van der Waals surface area contributed by atoms with E-state index in [0.29, 0.717) is 29.5 Å². The van der Waals surface area contributed by atoms with E-state index < -0.39 is 21.4 Å². The summed E-state index contributed by atoms with van der Waals surface area (Å²) in [6, 6.07) is 20.8. The summed E-state index contributed by atoms with van der Waals surface area (Å²) in [4.78, 5) is 33.5. The van der Waals surface area contributed by atoms with Crippen LogP contribution in [0, 0.1) is 0 Å². The van der Waals surface area contributed by atoms with Crippen molar-refractivity contribution in [2.24, 2.45) is 10.7 Å². The van der Waals surface area contributed by atoms with Crippen LogP contribution in [0.25, 0.3) is 0 Å². The van der Waals surface area contributed by atoms with Crippen molar-refractivity contribution in [3.05, 3.63) is 101 Å². The van der Waals surface area contributed by atoms with Crippen LogP contribution < -0.4 is 11.1 Å². The van der Waals surface area contributed by atoms with E-state index in [1.165, 1.54) is 16.5 Å². The zero-order valence-corrected chi connectivity index (χ0v) is 24.4. The largest absolute Gasteiger partial charge is 0.369 e. The number of hydrogen-bond acceptors (Lipinski definition) is 6. The van der Waals surface area contributed by atoms with Crippen molar-refractivity contribution in [3.8, 4) is 0 Å². The molecule has 214 valence electrons. The number of carbonyl (C=O) groups is 2. The molecule has 0 fully saturated rings. The predicted octanol–water partition coefficient (Wildman–Crippen LogP) is 4.70. The quantitative estimate of drug-likeness (QED) is 0.405. The van der Waals surface area contributed by atoms with Crippen molar-refractivity contribution in [1.29, 1.82) is 0 Å². The smallest absolute Gasteiger partial charge is 0.251 e. The van der Waals surface area contributed by atoms with Gasteiger partial charge in [-0.15, -0.1) is 0 Å². The first-order valence-corrected chi connectivity index (χ1v) is 15.9. The molecule has 0 bridgehead atoms. The lowest BCUT2D eigenvalue weighted by molar-refractivity contribution is -0.131. The Balaban J connectivity index is 1.56. The van der Waals surface area contributed by atoms with Crippen LogP contribution in [0.15, 0.2) is 82.7 Å². The van der Waals surface area contributed by atoms with E-state index in [1.807, 2.05) is 38.1 Å². The topological polar surface area (TPSA) is 122 Å². The molecule has 0 unspecified atom stereocenters. The van der Waals surface area contributed by atoms with E-state index in [2.05, 4.69) is 11.4 Å². The molecule has 0 saturated heterocycles. The standard InChI is InChI=1S/C32H36N4O4S/c1-4-32(5-2)20-28(37)36(31(33)35-32)29(23-12-9-14-25(19-23)41(3,39)40)22-11-8-13-24(18-22)30(38)34-27-17-16-21-10-6-7-15-26(21)27/h6-15,18-19,27,29H,4-5,16-17,20H2,1-3H3,(H2,33,35)(H,34,38)/t27-,29-/m0/s1. The summed E-state index contributed by atoms with van der Waals surface area (Å²) in [6.07, 6.45) is 4.40. The van der Waals surface area contributed by atoms with Gasteiger partial charge in [0.25, 0.3) is 5.91 Å². The molecule has 3 aromatic carbocycles. The monoisotopic (exact) mass is 572 g/mol. The van der Waals surface area contributed by atoms with Crippen molar-refractivity contribution in [2.75, 3.05) is 6.26 Å². The van der Waals surface area contributed by atoms with E-state index in [9.17, 15) is 18.0 Å². The average Bonchev–Trinajstić information content (AvgIpc) is 3.37. The number of amides is 2. The molecule has 2 aliphatic rings. The van der Waals surface area contributed by atoms with Crippen molar-refractivity contribution >= 4 is 27.6 Å². The van der Waals surface area contributed by atoms with Gasteiger partial charge in [0.15, 0.2) is 15.8 Å². The highest BCUT2D eigenvalue weighted by Crippen LogP contribution is 2.37. The number of aliphatic imine (C=N–C) groups is 1. The van der Waals surface area contributed by atoms with Gasteiger partial charge in [-0.2, -0.15) is 0 Å². The first-order valence-electron chi connectivity index (χ1n) is 14.0. The fourth-order valence-electron chi connectivity index (χ4n) is 5.97. The van der Waals surface area contributed by atoms with Crippen molar-refractivity contribution in [3.63, 3.8) is 0 Å². The van der Waals surface area contributed by atoms with Gasteiger partial charge in [0, 0.05) is 11.8 Å². The van der Waals surface area contributed by atoms with Gasteiger partial charge >= 0.3 is 0 Å². The minimum Gasteiger partial charge on any atom is -0.369 e. The Morgan fingerprint density at radius 2 is 1.73 bits per heavy atom. The number of nitrogens with two attached hydrogens (primary N) is 1. The highest BCUT2D eigenvalue weighted by molar-refractivity contribution is 7.90. The van der Waals surface area contributed by atoms with Gasteiger partial charge in [-0.25, -0.2) is 13.4 Å². The lowest BCUT2D eigenvalue weighted by atomic mass is 9.86. The number of fused-ring (bicyclic) bond motifs is 1. The second kappa shape index (κ2) is 11.1. The first kappa shape index (κ1) is 28.5. The number of rotatable bonds is 8. The zero-order valence-electron chi connectivity index (χ0n) is 23.6. The number of carbonyl (C=O) groups excluding carboxylic acids is 2. The Morgan fingerprint density at radius 1 is 1.05 bits per heavy atom. The van der Waals surface area contributed by atoms with Gasteiger partial charge in [-0.05, 0) is 72.2 Å². The van der Waals surface area contributed by atoms with Crippen LogP contribution in [0.1, 0.15) is 84.2 Å². The van der Waals surface area contributed by atoms with E-state index in [4.69, 9.17) is 10.7 Å². The Labute approximate surface area is 241 Å². The molecule has 2 atom stereocenters. The van der Waals surface area contributed by atoms with Gasteiger partial charge in [-0.1, -0.05) is 62.4 Å². The molecule has 0 spiro atoms. The van der Waals surface area contributed by atoms with E-state index >= 15 is 0 Å². The highest BCUT2D eigenvalue weighted by atomic mass is 32.2. The van der Waals surface area contributed by atoms with Crippen molar-refractivity contribution in [1.82, 2.24) is 10.2 Å². The molecule has 1 aliphatic heterocycles. The molecule has 0 saturated carbocycles. The summed E-state index contributed by atoms with van der Waals surface area (Å²) >= 11 is 0. The van der Waals surface area contributed by atoms with Gasteiger partial charge in [-0.3, -0.25) is 14.5 Å². The average molecular weight is 573 g/mol. The lowest BCUT2D eigenvalue weighted by Crippen LogP contribution is -2.52. The van der Waals surface area contributed by atoms with E-state index in [-0.39, 0.29) is 35.1 Å². The molecule has 0 radical (unpaired) electrons. The predicted molar refractivity (Wildman–Crippen MR) is 159 cm³/mol. The van der Waals surface area contributed by atoms with Crippen LogP contribution >= 0.6 is 0 Å². The van der Waals surface area contributed by atoms with Gasteiger partial charge in [0.1, 0.15) is 0 Å². The minimum atomic E-state index is -3.51.